The van der Waals surface area contributed by atoms with Crippen LogP contribution >= 0.6 is 0 Å². The third kappa shape index (κ3) is 5.33. The van der Waals surface area contributed by atoms with E-state index >= 15 is 0 Å². The number of urea groups is 1. The highest BCUT2D eigenvalue weighted by molar-refractivity contribution is 5.91. The Morgan fingerprint density at radius 2 is 1.76 bits per heavy atom. The third-order valence-corrected chi connectivity index (χ3v) is 4.17. The number of anilines is 1. The lowest BCUT2D eigenvalue weighted by molar-refractivity contribution is 0.253. The maximum absolute atomic E-state index is 12.0. The summed E-state index contributed by atoms with van der Waals surface area (Å²) in [6, 6.07) is 18.7. The van der Waals surface area contributed by atoms with E-state index < -0.39 is 0 Å². The van der Waals surface area contributed by atoms with Crippen molar-refractivity contribution in [3.8, 4) is 29.1 Å². The molecule has 3 aromatic rings. The van der Waals surface area contributed by atoms with Crippen LogP contribution in [0.25, 0.3) is 10.8 Å². The molecule has 2 N–H and O–H groups in total. The van der Waals surface area contributed by atoms with Crippen LogP contribution in [0.5, 0.6) is 17.2 Å². The largest absolute Gasteiger partial charge is 0.497 e. The minimum absolute atomic E-state index is 0.198. The molecule has 0 fully saturated rings. The Morgan fingerprint density at radius 1 is 0.931 bits per heavy atom. The molecule has 0 saturated heterocycles. The summed E-state index contributed by atoms with van der Waals surface area (Å²) >= 11 is 0. The first kappa shape index (κ1) is 19.9. The second kappa shape index (κ2) is 9.90. The van der Waals surface area contributed by atoms with E-state index in [-0.39, 0.29) is 19.2 Å². The molecular formula is C23H22N2O4. The van der Waals surface area contributed by atoms with Crippen LogP contribution < -0.4 is 24.8 Å². The molecule has 6 heteroatoms. The summed E-state index contributed by atoms with van der Waals surface area (Å²) in [6.45, 7) is 0.437. The summed E-state index contributed by atoms with van der Waals surface area (Å²) in [5.74, 6) is 7.71. The van der Waals surface area contributed by atoms with Crippen LogP contribution in [0.1, 0.15) is 0 Å². The van der Waals surface area contributed by atoms with Crippen LogP contribution in [-0.2, 0) is 0 Å². The first-order valence-corrected chi connectivity index (χ1v) is 9.04. The van der Waals surface area contributed by atoms with Gasteiger partial charge in [0.1, 0.15) is 23.9 Å². The van der Waals surface area contributed by atoms with Crippen LogP contribution in [-0.4, -0.2) is 33.4 Å². The molecule has 148 valence electrons. The maximum Gasteiger partial charge on any atom is 0.320 e. The maximum atomic E-state index is 12.0. The second-order valence-corrected chi connectivity index (χ2v) is 5.99. The molecule has 2 amide bonds. The third-order valence-electron chi connectivity index (χ3n) is 4.17. The van der Waals surface area contributed by atoms with Crippen LogP contribution in [0.3, 0.4) is 0 Å². The molecule has 0 unspecified atom stereocenters. The van der Waals surface area contributed by atoms with Gasteiger partial charge in [-0.25, -0.2) is 4.79 Å². The Morgan fingerprint density at radius 3 is 2.59 bits per heavy atom. The number of nitrogens with one attached hydrogen (secondary N) is 2. The van der Waals surface area contributed by atoms with Gasteiger partial charge in [-0.05, 0) is 23.6 Å². The summed E-state index contributed by atoms with van der Waals surface area (Å²) in [4.78, 5) is 12.0. The molecule has 3 rings (SSSR count). The fourth-order valence-corrected chi connectivity index (χ4v) is 2.74. The van der Waals surface area contributed by atoms with E-state index in [1.165, 1.54) is 7.11 Å². The van der Waals surface area contributed by atoms with Gasteiger partial charge in [0.05, 0.1) is 26.5 Å². The minimum Gasteiger partial charge on any atom is -0.497 e. The van der Waals surface area contributed by atoms with Crippen molar-refractivity contribution in [3.63, 3.8) is 0 Å². The van der Waals surface area contributed by atoms with Gasteiger partial charge in [0.2, 0.25) is 0 Å². The molecular weight excluding hydrogens is 368 g/mol. The van der Waals surface area contributed by atoms with Gasteiger partial charge in [0.15, 0.2) is 0 Å². The summed E-state index contributed by atoms with van der Waals surface area (Å²) in [5, 5.41) is 7.55. The Kier molecular flexibility index (Phi) is 6.80. The topological polar surface area (TPSA) is 68.8 Å². The molecule has 0 aromatic heterocycles. The highest BCUT2D eigenvalue weighted by atomic mass is 16.5. The van der Waals surface area contributed by atoms with Gasteiger partial charge in [-0.1, -0.05) is 48.2 Å². The molecule has 0 aliphatic rings. The van der Waals surface area contributed by atoms with E-state index in [2.05, 4.69) is 22.5 Å². The second-order valence-electron chi connectivity index (χ2n) is 5.99. The molecule has 0 saturated carbocycles. The molecule has 0 bridgehead atoms. The fourth-order valence-electron chi connectivity index (χ4n) is 2.74. The summed E-state index contributed by atoms with van der Waals surface area (Å²) in [7, 11) is 3.09. The Hall–Kier alpha value is -3.85. The number of ether oxygens (including phenoxy) is 3. The van der Waals surface area contributed by atoms with Gasteiger partial charge in [0.25, 0.3) is 0 Å². The first-order chi connectivity index (χ1) is 14.2. The van der Waals surface area contributed by atoms with Gasteiger partial charge < -0.3 is 24.8 Å². The summed E-state index contributed by atoms with van der Waals surface area (Å²) in [5.41, 5.74) is 0.540. The zero-order chi connectivity index (χ0) is 20.5. The molecule has 0 heterocycles. The molecule has 6 nitrogen and oxygen atoms in total. The van der Waals surface area contributed by atoms with Gasteiger partial charge in [-0.15, -0.1) is 0 Å². The number of carbonyl (C=O) groups excluding carboxylic acids is 1. The lowest BCUT2D eigenvalue weighted by Gasteiger charge is -2.11. The van der Waals surface area contributed by atoms with E-state index in [9.17, 15) is 4.79 Å². The van der Waals surface area contributed by atoms with Crippen molar-refractivity contribution in [1.29, 1.82) is 0 Å². The Bertz CT molecular complexity index is 1050. The molecule has 0 atom stereocenters. The standard InChI is InChI=1S/C23H22N2O4/c1-27-18-12-13-20(22(16-18)28-2)25-23(26)24-14-5-6-15-29-21-11-7-9-17-8-3-4-10-19(17)21/h3-4,7-13,16H,14-15H2,1-2H3,(H2,24,25,26). The lowest BCUT2D eigenvalue weighted by Crippen LogP contribution is -2.29. The van der Waals surface area contributed by atoms with Crippen LogP contribution in [0.4, 0.5) is 10.5 Å². The smallest absolute Gasteiger partial charge is 0.320 e. The van der Waals surface area contributed by atoms with E-state index in [0.29, 0.717) is 17.2 Å². The van der Waals surface area contributed by atoms with E-state index in [4.69, 9.17) is 14.2 Å². The highest BCUT2D eigenvalue weighted by Gasteiger charge is 2.08. The number of hydrogen-bond acceptors (Lipinski definition) is 4. The zero-order valence-corrected chi connectivity index (χ0v) is 16.3. The Labute approximate surface area is 169 Å². The molecule has 0 radical (unpaired) electrons. The molecule has 0 spiro atoms. The average molecular weight is 390 g/mol. The number of rotatable bonds is 6. The number of fused-ring (bicyclic) bond motifs is 1. The van der Waals surface area contributed by atoms with Crippen LogP contribution in [0.15, 0.2) is 60.7 Å². The fraction of sp³-hybridized carbons (Fsp3) is 0.174. The van der Waals surface area contributed by atoms with E-state index in [1.807, 2.05) is 42.5 Å². The number of methoxy groups -OCH3 is 2. The van der Waals surface area contributed by atoms with E-state index in [1.54, 1.807) is 25.3 Å². The van der Waals surface area contributed by atoms with Crippen LogP contribution in [0, 0.1) is 11.8 Å². The average Bonchev–Trinajstić information content (AvgIpc) is 2.76. The van der Waals surface area contributed by atoms with Crippen molar-refractivity contribution in [2.24, 2.45) is 0 Å². The minimum atomic E-state index is -0.377. The van der Waals surface area contributed by atoms with Crippen molar-refractivity contribution < 1.29 is 19.0 Å². The first-order valence-electron chi connectivity index (χ1n) is 9.04. The van der Waals surface area contributed by atoms with Crippen molar-refractivity contribution in [2.45, 2.75) is 0 Å². The number of carbonyl (C=O) groups is 1. The van der Waals surface area contributed by atoms with Crippen molar-refractivity contribution in [2.75, 3.05) is 32.7 Å². The van der Waals surface area contributed by atoms with Crippen molar-refractivity contribution in [3.05, 3.63) is 60.7 Å². The van der Waals surface area contributed by atoms with E-state index in [0.717, 1.165) is 16.5 Å². The lowest BCUT2D eigenvalue weighted by atomic mass is 10.1. The van der Waals surface area contributed by atoms with Gasteiger partial charge in [0, 0.05) is 11.5 Å². The summed E-state index contributed by atoms with van der Waals surface area (Å²) in [6.07, 6.45) is 0. The quantitative estimate of drug-likeness (QED) is 0.623. The van der Waals surface area contributed by atoms with Crippen LogP contribution in [0.2, 0.25) is 0 Å². The predicted octanol–water partition coefficient (Wildman–Crippen LogP) is 4.06. The molecule has 29 heavy (non-hydrogen) atoms. The summed E-state index contributed by atoms with van der Waals surface area (Å²) < 4.78 is 16.1. The SMILES string of the molecule is COc1ccc(NC(=O)NCC#CCOc2cccc3ccccc23)c(OC)c1. The number of amides is 2. The van der Waals surface area contributed by atoms with Crippen molar-refractivity contribution in [1.82, 2.24) is 5.32 Å². The van der Waals surface area contributed by atoms with Gasteiger partial charge >= 0.3 is 6.03 Å². The van der Waals surface area contributed by atoms with Gasteiger partial charge in [-0.2, -0.15) is 0 Å². The van der Waals surface area contributed by atoms with Crippen molar-refractivity contribution >= 4 is 22.5 Å². The number of benzene rings is 3. The molecule has 3 aromatic carbocycles. The Balaban J connectivity index is 1.47. The number of hydrogen-bond donors (Lipinski definition) is 2. The molecule has 0 aliphatic carbocycles. The highest BCUT2D eigenvalue weighted by Crippen LogP contribution is 2.29. The normalized spacial score (nSPS) is 9.86. The zero-order valence-electron chi connectivity index (χ0n) is 16.3. The van der Waals surface area contributed by atoms with Gasteiger partial charge in [-0.3, -0.25) is 0 Å². The molecule has 0 aliphatic heterocycles. The predicted molar refractivity (Wildman–Crippen MR) is 114 cm³/mol. The monoisotopic (exact) mass is 390 g/mol.